The van der Waals surface area contributed by atoms with E-state index in [0.717, 1.165) is 24.8 Å². The highest BCUT2D eigenvalue weighted by Gasteiger charge is 2.28. The minimum absolute atomic E-state index is 0.159. The number of carbonyl (C=O) groups is 1. The maximum Gasteiger partial charge on any atom is 0.138 e. The molecule has 138 valence electrons. The molecule has 0 aliphatic rings. The predicted octanol–water partition coefficient (Wildman–Crippen LogP) is 6.76. The maximum atomic E-state index is 13.4. The average Bonchev–Trinajstić information content (AvgIpc) is 2.53. The minimum atomic E-state index is -0.289. The number of aryl methyl sites for hydroxylation is 1. The molecule has 0 radical (unpaired) electrons. The third-order valence-corrected chi connectivity index (χ3v) is 4.72. The summed E-state index contributed by atoms with van der Waals surface area (Å²) in [6.07, 6.45) is 3.64. The van der Waals surface area contributed by atoms with Gasteiger partial charge in [0.25, 0.3) is 0 Å². The number of halogens is 1. The van der Waals surface area contributed by atoms with Gasteiger partial charge in [-0.05, 0) is 42.4 Å². The van der Waals surface area contributed by atoms with E-state index >= 15 is 0 Å². The summed E-state index contributed by atoms with van der Waals surface area (Å²) in [7, 11) is 0. The molecule has 0 saturated heterocycles. The molecule has 0 amide bonds. The Balaban J connectivity index is 0.00000254. The summed E-state index contributed by atoms with van der Waals surface area (Å²) in [6, 6.07) is 5.33. The summed E-state index contributed by atoms with van der Waals surface area (Å²) in [5.41, 5.74) is 1.53. The van der Waals surface area contributed by atoms with E-state index in [0.29, 0.717) is 29.6 Å². The van der Waals surface area contributed by atoms with Crippen LogP contribution in [-0.4, -0.2) is 5.78 Å². The second-order valence-electron chi connectivity index (χ2n) is 7.50. The number of hydrogen-bond acceptors (Lipinski definition) is 1. The van der Waals surface area contributed by atoms with Gasteiger partial charge >= 0.3 is 0 Å². The summed E-state index contributed by atoms with van der Waals surface area (Å²) in [5, 5.41) is 0. The molecular formula is C22H37FO. The summed E-state index contributed by atoms with van der Waals surface area (Å²) in [6.45, 7) is 16.1. The van der Waals surface area contributed by atoms with Gasteiger partial charge in [0.15, 0.2) is 0 Å². The molecule has 2 heteroatoms. The molecule has 0 N–H and O–H groups in total. The standard InChI is InChI=1S/C20H31FO.C2H6/c1-7-16(8-2)17(13-19(22)20(4,5)6)12-15-9-10-18(21)14(3)11-15;1-2/h9-11,16-17H,7-8,12-13H2,1-6H3;1-2H3. The highest BCUT2D eigenvalue weighted by molar-refractivity contribution is 5.83. The first kappa shape index (κ1) is 22.8. The number of Topliss-reactive ketones (excluding diaryl/α,β-unsaturated/α-hetero) is 1. The Hall–Kier alpha value is -1.18. The molecule has 0 fully saturated rings. The van der Waals surface area contributed by atoms with Crippen molar-refractivity contribution in [2.75, 3.05) is 0 Å². The molecule has 1 unspecified atom stereocenters. The minimum Gasteiger partial charge on any atom is -0.299 e. The van der Waals surface area contributed by atoms with Gasteiger partial charge in [-0.2, -0.15) is 0 Å². The summed E-state index contributed by atoms with van der Waals surface area (Å²) < 4.78 is 13.4. The predicted molar refractivity (Wildman–Crippen MR) is 103 cm³/mol. The molecule has 0 aromatic heterocycles. The highest BCUT2D eigenvalue weighted by Crippen LogP contribution is 2.30. The van der Waals surface area contributed by atoms with Crippen molar-refractivity contribution < 1.29 is 9.18 Å². The first-order valence-electron chi connectivity index (χ1n) is 9.47. The third-order valence-electron chi connectivity index (χ3n) is 4.72. The van der Waals surface area contributed by atoms with Crippen molar-refractivity contribution in [3.05, 3.63) is 35.1 Å². The number of rotatable bonds is 7. The van der Waals surface area contributed by atoms with E-state index < -0.39 is 0 Å². The molecular weight excluding hydrogens is 299 g/mol. The fourth-order valence-electron chi connectivity index (χ4n) is 3.04. The number of benzene rings is 1. The van der Waals surface area contributed by atoms with Gasteiger partial charge in [-0.15, -0.1) is 0 Å². The van der Waals surface area contributed by atoms with Gasteiger partial charge in [-0.3, -0.25) is 4.79 Å². The van der Waals surface area contributed by atoms with Crippen LogP contribution < -0.4 is 0 Å². The lowest BCUT2D eigenvalue weighted by Gasteiger charge is -2.28. The largest absolute Gasteiger partial charge is 0.299 e. The molecule has 0 aliphatic heterocycles. The highest BCUT2D eigenvalue weighted by atomic mass is 19.1. The quantitative estimate of drug-likeness (QED) is 0.537. The number of carbonyl (C=O) groups excluding carboxylic acids is 1. The molecule has 0 spiro atoms. The van der Waals surface area contributed by atoms with E-state index in [1.165, 1.54) is 0 Å². The molecule has 0 saturated carbocycles. The normalized spacial score (nSPS) is 12.6. The molecule has 1 atom stereocenters. The first-order valence-corrected chi connectivity index (χ1v) is 9.47. The van der Waals surface area contributed by atoms with Gasteiger partial charge < -0.3 is 0 Å². The fraction of sp³-hybridized carbons (Fsp3) is 0.682. The average molecular weight is 337 g/mol. The van der Waals surface area contributed by atoms with Crippen molar-refractivity contribution in [3.63, 3.8) is 0 Å². The fourth-order valence-corrected chi connectivity index (χ4v) is 3.04. The molecule has 1 aromatic carbocycles. The maximum absolute atomic E-state index is 13.4. The van der Waals surface area contributed by atoms with E-state index in [1.807, 2.05) is 46.8 Å². The van der Waals surface area contributed by atoms with Gasteiger partial charge in [0.1, 0.15) is 11.6 Å². The Morgan fingerprint density at radius 1 is 1.08 bits per heavy atom. The Morgan fingerprint density at radius 2 is 1.62 bits per heavy atom. The summed E-state index contributed by atoms with van der Waals surface area (Å²) >= 11 is 0. The lowest BCUT2D eigenvalue weighted by Crippen LogP contribution is -2.27. The summed E-state index contributed by atoms with van der Waals surface area (Å²) in [4.78, 5) is 12.5. The Bertz CT molecular complexity index is 495. The zero-order valence-electron chi connectivity index (χ0n) is 17.0. The molecule has 1 nitrogen and oxygen atoms in total. The molecule has 1 rings (SSSR count). The van der Waals surface area contributed by atoms with E-state index in [4.69, 9.17) is 0 Å². The molecule has 0 aliphatic carbocycles. The lowest BCUT2D eigenvalue weighted by atomic mass is 9.76. The van der Waals surface area contributed by atoms with Gasteiger partial charge in [-0.1, -0.05) is 73.4 Å². The van der Waals surface area contributed by atoms with Crippen LogP contribution in [0.4, 0.5) is 4.39 Å². The molecule has 0 heterocycles. The van der Waals surface area contributed by atoms with E-state index in [9.17, 15) is 9.18 Å². The smallest absolute Gasteiger partial charge is 0.138 e. The van der Waals surface area contributed by atoms with Crippen LogP contribution in [0.15, 0.2) is 18.2 Å². The van der Waals surface area contributed by atoms with Crippen molar-refractivity contribution in [2.24, 2.45) is 17.3 Å². The van der Waals surface area contributed by atoms with Gasteiger partial charge in [-0.25, -0.2) is 4.39 Å². The number of ketones is 1. The lowest BCUT2D eigenvalue weighted by molar-refractivity contribution is -0.127. The number of hydrogen-bond donors (Lipinski definition) is 0. The molecule has 1 aromatic rings. The van der Waals surface area contributed by atoms with Crippen LogP contribution in [0.5, 0.6) is 0 Å². The second-order valence-corrected chi connectivity index (χ2v) is 7.50. The Labute approximate surface area is 149 Å². The monoisotopic (exact) mass is 336 g/mol. The second kappa shape index (κ2) is 10.6. The molecule has 24 heavy (non-hydrogen) atoms. The zero-order chi connectivity index (χ0) is 18.9. The van der Waals surface area contributed by atoms with Crippen molar-refractivity contribution in [2.45, 2.75) is 81.1 Å². The van der Waals surface area contributed by atoms with Crippen molar-refractivity contribution in [1.29, 1.82) is 0 Å². The third kappa shape index (κ3) is 7.15. The van der Waals surface area contributed by atoms with Crippen LogP contribution in [0.1, 0.15) is 78.9 Å². The Morgan fingerprint density at radius 3 is 2.04 bits per heavy atom. The van der Waals surface area contributed by atoms with E-state index in [2.05, 4.69) is 13.8 Å². The van der Waals surface area contributed by atoms with Crippen LogP contribution in [0.3, 0.4) is 0 Å². The zero-order valence-corrected chi connectivity index (χ0v) is 17.0. The van der Waals surface area contributed by atoms with Gasteiger partial charge in [0.2, 0.25) is 0 Å². The van der Waals surface area contributed by atoms with Crippen LogP contribution in [0, 0.1) is 30.0 Å². The van der Waals surface area contributed by atoms with Crippen LogP contribution >= 0.6 is 0 Å². The van der Waals surface area contributed by atoms with Crippen molar-refractivity contribution in [1.82, 2.24) is 0 Å². The van der Waals surface area contributed by atoms with Crippen LogP contribution in [0.25, 0.3) is 0 Å². The molecule has 0 bridgehead atoms. The van der Waals surface area contributed by atoms with Crippen molar-refractivity contribution in [3.8, 4) is 0 Å². The van der Waals surface area contributed by atoms with Crippen LogP contribution in [-0.2, 0) is 11.2 Å². The SMILES string of the molecule is CC.CCC(CC)C(CC(=O)C(C)(C)C)Cc1ccc(F)c(C)c1. The van der Waals surface area contributed by atoms with E-state index in [1.54, 1.807) is 13.0 Å². The van der Waals surface area contributed by atoms with E-state index in [-0.39, 0.29) is 11.2 Å². The summed E-state index contributed by atoms with van der Waals surface area (Å²) in [5.74, 6) is 1.04. The van der Waals surface area contributed by atoms with Gasteiger partial charge in [0, 0.05) is 11.8 Å². The Kier molecular flexibility index (Phi) is 10.1. The van der Waals surface area contributed by atoms with Crippen molar-refractivity contribution >= 4 is 5.78 Å². The van der Waals surface area contributed by atoms with Crippen LogP contribution in [0.2, 0.25) is 0 Å². The first-order chi connectivity index (χ1) is 11.2. The van der Waals surface area contributed by atoms with Gasteiger partial charge in [0.05, 0.1) is 0 Å². The topological polar surface area (TPSA) is 17.1 Å².